The number of aliphatic imine (C=N–C) groups is 1. The molecule has 1 aromatic carbocycles. The van der Waals surface area contributed by atoms with Gasteiger partial charge < -0.3 is 16.0 Å². The zero-order valence-electron chi connectivity index (χ0n) is 19.1. The Labute approximate surface area is 192 Å². The highest BCUT2D eigenvalue weighted by atomic mass is 32.1. The molecule has 5 nitrogen and oxygen atoms in total. The van der Waals surface area contributed by atoms with E-state index in [0.29, 0.717) is 23.1 Å². The van der Waals surface area contributed by atoms with E-state index in [1.54, 1.807) is 6.21 Å². The average molecular weight is 441 g/mol. The number of benzene rings is 1. The molecule has 0 heterocycles. The number of nitrogens with one attached hydrogen (secondary N) is 3. The van der Waals surface area contributed by atoms with Crippen molar-refractivity contribution in [2.75, 3.05) is 5.32 Å². The maximum atomic E-state index is 12.6. The first kappa shape index (κ1) is 26.3. The number of thiocarbonyl (C=S) groups is 1. The second-order valence-electron chi connectivity index (χ2n) is 7.74. The van der Waals surface area contributed by atoms with Crippen LogP contribution in [0.1, 0.15) is 68.3 Å². The van der Waals surface area contributed by atoms with Crippen LogP contribution in [0.4, 0.5) is 5.69 Å². The molecule has 31 heavy (non-hydrogen) atoms. The lowest BCUT2D eigenvalue weighted by Gasteiger charge is -2.23. The van der Waals surface area contributed by atoms with Crippen molar-refractivity contribution < 1.29 is 4.79 Å². The van der Waals surface area contributed by atoms with E-state index < -0.39 is 0 Å². The molecule has 0 spiro atoms. The molecule has 1 fully saturated rings. The summed E-state index contributed by atoms with van der Waals surface area (Å²) >= 11 is 5.35. The topological polar surface area (TPSA) is 65.5 Å². The molecule has 1 aromatic rings. The van der Waals surface area contributed by atoms with E-state index in [9.17, 15) is 4.79 Å². The Morgan fingerprint density at radius 1 is 1.26 bits per heavy atom. The van der Waals surface area contributed by atoms with Gasteiger partial charge in [0.2, 0.25) is 0 Å². The zero-order valence-corrected chi connectivity index (χ0v) is 19.9. The first-order chi connectivity index (χ1) is 14.8. The normalized spacial score (nSPS) is 13.5. The minimum atomic E-state index is -0.0227. The van der Waals surface area contributed by atoms with Crippen LogP contribution in [0.5, 0.6) is 0 Å². The maximum absolute atomic E-state index is 12.6. The van der Waals surface area contributed by atoms with Crippen molar-refractivity contribution in [2.45, 2.75) is 65.3 Å². The predicted molar refractivity (Wildman–Crippen MR) is 138 cm³/mol. The highest BCUT2D eigenvalue weighted by Crippen LogP contribution is 2.20. The first-order valence-corrected chi connectivity index (χ1v) is 11.1. The number of aryl methyl sites for hydroxylation is 1. The van der Waals surface area contributed by atoms with E-state index in [0.717, 1.165) is 35.4 Å². The number of rotatable bonds is 7. The summed E-state index contributed by atoms with van der Waals surface area (Å²) < 4.78 is 0. The highest BCUT2D eigenvalue weighted by Gasteiger charge is 2.17. The fourth-order valence-corrected chi connectivity index (χ4v) is 3.50. The van der Waals surface area contributed by atoms with Gasteiger partial charge in [0.25, 0.3) is 5.91 Å². The van der Waals surface area contributed by atoms with Gasteiger partial charge in [-0.1, -0.05) is 50.6 Å². The van der Waals surface area contributed by atoms with Gasteiger partial charge in [0, 0.05) is 41.8 Å². The van der Waals surface area contributed by atoms with Crippen molar-refractivity contribution in [2.24, 2.45) is 4.99 Å². The van der Waals surface area contributed by atoms with Crippen molar-refractivity contribution in [3.8, 4) is 0 Å². The summed E-state index contributed by atoms with van der Waals surface area (Å²) in [5.74, 6) is -0.0227. The lowest BCUT2D eigenvalue weighted by molar-refractivity contribution is 0.0928. The smallest absolute Gasteiger partial charge is 0.251 e. The minimum absolute atomic E-state index is 0.0227. The lowest BCUT2D eigenvalue weighted by atomic mass is 9.95. The van der Waals surface area contributed by atoms with Gasteiger partial charge >= 0.3 is 0 Å². The third kappa shape index (κ3) is 10.7. The molecule has 6 heteroatoms. The molecule has 0 bridgehead atoms. The number of allylic oxidation sites excluding steroid dienone is 1. The Hall–Kier alpha value is -2.73. The number of hydrogen-bond acceptors (Lipinski definition) is 3. The van der Waals surface area contributed by atoms with E-state index in [-0.39, 0.29) is 5.91 Å². The second kappa shape index (κ2) is 14.3. The minimum Gasteiger partial charge on any atom is -0.349 e. The van der Waals surface area contributed by atoms with Crippen LogP contribution in [0.15, 0.2) is 60.4 Å². The van der Waals surface area contributed by atoms with Crippen LogP contribution in [-0.4, -0.2) is 23.3 Å². The van der Waals surface area contributed by atoms with Crippen molar-refractivity contribution in [1.82, 2.24) is 10.6 Å². The van der Waals surface area contributed by atoms with Gasteiger partial charge in [-0.25, -0.2) is 0 Å². The van der Waals surface area contributed by atoms with Crippen molar-refractivity contribution >= 4 is 35.1 Å². The van der Waals surface area contributed by atoms with Crippen LogP contribution < -0.4 is 16.0 Å². The molecule has 2 rings (SSSR count). The number of anilines is 1. The SMILES string of the molecule is C=C(C)CC(=C)NC(=S)Nc1cc(C(=O)NC2CCCCC2)ccc1C.C=CN=CC. The highest BCUT2D eigenvalue weighted by molar-refractivity contribution is 7.80. The summed E-state index contributed by atoms with van der Waals surface area (Å²) in [6, 6.07) is 5.93. The Bertz CT molecular complexity index is 823. The van der Waals surface area contributed by atoms with Gasteiger partial charge in [-0.3, -0.25) is 9.79 Å². The van der Waals surface area contributed by atoms with Crippen LogP contribution in [0.25, 0.3) is 0 Å². The Morgan fingerprint density at radius 2 is 1.94 bits per heavy atom. The molecule has 0 radical (unpaired) electrons. The summed E-state index contributed by atoms with van der Waals surface area (Å²) in [6.45, 7) is 16.9. The molecule has 0 unspecified atom stereocenters. The van der Waals surface area contributed by atoms with Gasteiger partial charge in [-0.05, 0) is 63.5 Å². The van der Waals surface area contributed by atoms with Gasteiger partial charge in [0.05, 0.1) is 0 Å². The summed E-state index contributed by atoms with van der Waals surface area (Å²) in [7, 11) is 0. The standard InChI is InChI=1S/C21H29N3OS.C4H7N/c1-14(2)12-16(4)22-21(26)24-19-13-17(11-10-15(19)3)20(25)23-18-8-6-5-7-9-18;1-3-5-4-2/h10-11,13,18H,1,4-9,12H2,2-3H3,(H,23,25)(H2,22,24,26);3-4H,1H2,2H3. The largest absolute Gasteiger partial charge is 0.349 e. The molecular formula is C25H36N4OS. The Morgan fingerprint density at radius 3 is 2.48 bits per heavy atom. The van der Waals surface area contributed by atoms with Crippen LogP contribution in [0.3, 0.4) is 0 Å². The van der Waals surface area contributed by atoms with Crippen molar-refractivity contribution in [1.29, 1.82) is 0 Å². The van der Waals surface area contributed by atoms with E-state index in [1.165, 1.54) is 25.5 Å². The molecule has 0 aliphatic heterocycles. The van der Waals surface area contributed by atoms with Gasteiger partial charge in [0.15, 0.2) is 5.11 Å². The van der Waals surface area contributed by atoms with Crippen molar-refractivity contribution in [3.05, 3.63) is 66.5 Å². The molecule has 1 saturated carbocycles. The third-order valence-corrected chi connectivity index (χ3v) is 4.95. The summed E-state index contributed by atoms with van der Waals surface area (Å²) in [4.78, 5) is 16.2. The third-order valence-electron chi connectivity index (χ3n) is 4.75. The van der Waals surface area contributed by atoms with Crippen LogP contribution in [0.2, 0.25) is 0 Å². The van der Waals surface area contributed by atoms with E-state index in [4.69, 9.17) is 12.2 Å². The fraction of sp³-hybridized carbons (Fsp3) is 0.400. The van der Waals surface area contributed by atoms with Crippen LogP contribution in [0, 0.1) is 6.92 Å². The van der Waals surface area contributed by atoms with E-state index >= 15 is 0 Å². The molecular weight excluding hydrogens is 404 g/mol. The Kier molecular flexibility index (Phi) is 12.1. The summed E-state index contributed by atoms with van der Waals surface area (Å²) in [5, 5.41) is 9.84. The molecule has 0 atom stereocenters. The number of nitrogens with zero attached hydrogens (tertiary/aromatic N) is 1. The zero-order chi connectivity index (χ0) is 23.2. The predicted octanol–water partition coefficient (Wildman–Crippen LogP) is 6.04. The van der Waals surface area contributed by atoms with Gasteiger partial charge in [-0.15, -0.1) is 0 Å². The second-order valence-corrected chi connectivity index (χ2v) is 8.15. The molecule has 3 N–H and O–H groups in total. The van der Waals surface area contributed by atoms with Gasteiger partial charge in [-0.2, -0.15) is 0 Å². The lowest BCUT2D eigenvalue weighted by Crippen LogP contribution is -2.36. The average Bonchev–Trinajstić information content (AvgIpc) is 2.70. The first-order valence-electron chi connectivity index (χ1n) is 10.7. The van der Waals surface area contributed by atoms with E-state index in [2.05, 4.69) is 40.7 Å². The number of amides is 1. The molecule has 1 amide bonds. The quantitative estimate of drug-likeness (QED) is 0.274. The molecule has 0 saturated heterocycles. The summed E-state index contributed by atoms with van der Waals surface area (Å²) in [6.07, 6.45) is 9.66. The Balaban J connectivity index is 0.000000861. The maximum Gasteiger partial charge on any atom is 0.251 e. The molecule has 1 aliphatic carbocycles. The fourth-order valence-electron chi connectivity index (χ4n) is 3.24. The molecule has 1 aliphatic rings. The van der Waals surface area contributed by atoms with Crippen LogP contribution in [-0.2, 0) is 0 Å². The van der Waals surface area contributed by atoms with Gasteiger partial charge in [0.1, 0.15) is 0 Å². The van der Waals surface area contributed by atoms with E-state index in [1.807, 2.05) is 39.0 Å². The molecule has 168 valence electrons. The van der Waals surface area contributed by atoms with Crippen molar-refractivity contribution in [3.63, 3.8) is 0 Å². The summed E-state index contributed by atoms with van der Waals surface area (Å²) in [5.41, 5.74) is 4.30. The molecule has 0 aromatic heterocycles. The monoisotopic (exact) mass is 440 g/mol. The number of carbonyl (C=O) groups excluding carboxylic acids is 1. The number of carbonyl (C=O) groups is 1. The van der Waals surface area contributed by atoms with Crippen LogP contribution >= 0.6 is 12.2 Å². The number of hydrogen-bond donors (Lipinski definition) is 3.